The molecule has 4 nitrogen and oxygen atoms in total. The highest BCUT2D eigenvalue weighted by Crippen LogP contribution is 2.03. The van der Waals surface area contributed by atoms with Gasteiger partial charge in [0, 0.05) is 5.56 Å². The third-order valence-electron chi connectivity index (χ3n) is 1.58. The standard InChI is InChI=1S/C9H9NO3/c11-6-9(12)8-3-1-7(2-4-8)5-10-13/h1-5,11,13H,6H2/b10-5+. The summed E-state index contributed by atoms with van der Waals surface area (Å²) in [6.07, 6.45) is 1.26. The third-order valence-corrected chi connectivity index (χ3v) is 1.58. The predicted molar refractivity (Wildman–Crippen MR) is 47.2 cm³/mol. The molecule has 1 aromatic carbocycles. The highest BCUT2D eigenvalue weighted by Gasteiger charge is 2.02. The monoisotopic (exact) mass is 179 g/mol. The maximum absolute atomic E-state index is 10.9. The van der Waals surface area contributed by atoms with Crippen molar-refractivity contribution in [2.24, 2.45) is 5.16 Å². The smallest absolute Gasteiger partial charge is 0.188 e. The number of benzene rings is 1. The van der Waals surface area contributed by atoms with Crippen molar-refractivity contribution in [3.63, 3.8) is 0 Å². The molecule has 0 fully saturated rings. The molecule has 0 unspecified atom stereocenters. The Kier molecular flexibility index (Phi) is 3.16. The molecule has 68 valence electrons. The van der Waals surface area contributed by atoms with Crippen LogP contribution in [0.1, 0.15) is 15.9 Å². The van der Waals surface area contributed by atoms with Crippen molar-refractivity contribution in [1.29, 1.82) is 0 Å². The van der Waals surface area contributed by atoms with Gasteiger partial charge in [-0.05, 0) is 5.56 Å². The van der Waals surface area contributed by atoms with Crippen molar-refractivity contribution >= 4 is 12.0 Å². The minimum absolute atomic E-state index is 0.326. The lowest BCUT2D eigenvalue weighted by molar-refractivity contribution is 0.0904. The van der Waals surface area contributed by atoms with Crippen LogP contribution in [0, 0.1) is 0 Å². The molecule has 2 N–H and O–H groups in total. The summed E-state index contributed by atoms with van der Waals surface area (Å²) in [5.74, 6) is -0.326. The number of carbonyl (C=O) groups excluding carboxylic acids is 1. The summed E-state index contributed by atoms with van der Waals surface area (Å²) >= 11 is 0. The molecule has 0 atom stereocenters. The van der Waals surface area contributed by atoms with Gasteiger partial charge in [0.25, 0.3) is 0 Å². The van der Waals surface area contributed by atoms with E-state index >= 15 is 0 Å². The topological polar surface area (TPSA) is 69.9 Å². The predicted octanol–water partition coefficient (Wildman–Crippen LogP) is 0.670. The van der Waals surface area contributed by atoms with Gasteiger partial charge >= 0.3 is 0 Å². The lowest BCUT2D eigenvalue weighted by atomic mass is 10.1. The maximum atomic E-state index is 10.9. The molecule has 4 heteroatoms. The zero-order chi connectivity index (χ0) is 9.68. The Morgan fingerprint density at radius 3 is 2.46 bits per heavy atom. The Hall–Kier alpha value is -1.68. The van der Waals surface area contributed by atoms with Crippen LogP contribution in [0.2, 0.25) is 0 Å². The van der Waals surface area contributed by atoms with Crippen LogP contribution in [0.3, 0.4) is 0 Å². The number of nitrogens with zero attached hydrogens (tertiary/aromatic N) is 1. The zero-order valence-corrected chi connectivity index (χ0v) is 6.84. The Morgan fingerprint density at radius 2 is 2.00 bits per heavy atom. The molecule has 0 aliphatic heterocycles. The van der Waals surface area contributed by atoms with Gasteiger partial charge in [-0.3, -0.25) is 4.79 Å². The summed E-state index contributed by atoms with van der Waals surface area (Å²) in [5.41, 5.74) is 1.13. The van der Waals surface area contributed by atoms with Crippen molar-refractivity contribution in [3.8, 4) is 0 Å². The van der Waals surface area contributed by atoms with Crippen molar-refractivity contribution in [2.75, 3.05) is 6.61 Å². The van der Waals surface area contributed by atoms with Crippen LogP contribution in [0.15, 0.2) is 29.4 Å². The number of oxime groups is 1. The maximum Gasteiger partial charge on any atom is 0.188 e. The van der Waals surface area contributed by atoms with E-state index in [-0.39, 0.29) is 5.78 Å². The lowest BCUT2D eigenvalue weighted by Crippen LogP contribution is -2.03. The van der Waals surface area contributed by atoms with Crippen molar-refractivity contribution in [1.82, 2.24) is 0 Å². The van der Waals surface area contributed by atoms with Crippen LogP contribution in [0.5, 0.6) is 0 Å². The molecule has 0 bridgehead atoms. The summed E-state index contributed by atoms with van der Waals surface area (Å²) in [4.78, 5) is 10.9. The molecule has 0 spiro atoms. The van der Waals surface area contributed by atoms with E-state index in [0.717, 1.165) is 0 Å². The Morgan fingerprint density at radius 1 is 1.38 bits per heavy atom. The molecule has 1 rings (SSSR count). The fourth-order valence-electron chi connectivity index (χ4n) is 0.913. The number of hydrogen-bond donors (Lipinski definition) is 2. The largest absolute Gasteiger partial charge is 0.411 e. The Balaban J connectivity index is 2.87. The second kappa shape index (κ2) is 4.37. The van der Waals surface area contributed by atoms with E-state index in [1.165, 1.54) is 6.21 Å². The molecule has 1 aromatic rings. The van der Waals surface area contributed by atoms with E-state index < -0.39 is 6.61 Å². The summed E-state index contributed by atoms with van der Waals surface area (Å²) in [7, 11) is 0. The average molecular weight is 179 g/mol. The van der Waals surface area contributed by atoms with Crippen LogP contribution in [-0.4, -0.2) is 28.9 Å². The van der Waals surface area contributed by atoms with Crippen LogP contribution < -0.4 is 0 Å². The van der Waals surface area contributed by atoms with Gasteiger partial charge in [-0.15, -0.1) is 0 Å². The quantitative estimate of drug-likeness (QED) is 0.310. The van der Waals surface area contributed by atoms with Crippen LogP contribution in [0.25, 0.3) is 0 Å². The second-order valence-corrected chi connectivity index (χ2v) is 2.45. The molecule has 0 saturated heterocycles. The molecule has 0 radical (unpaired) electrons. The van der Waals surface area contributed by atoms with Crippen molar-refractivity contribution < 1.29 is 15.1 Å². The van der Waals surface area contributed by atoms with Gasteiger partial charge in [0.15, 0.2) is 5.78 Å². The summed E-state index contributed by atoms with van der Waals surface area (Å²) < 4.78 is 0. The number of aliphatic hydroxyl groups is 1. The minimum atomic E-state index is -0.493. The van der Waals surface area contributed by atoms with Gasteiger partial charge in [0.1, 0.15) is 6.61 Å². The summed E-state index contributed by atoms with van der Waals surface area (Å²) in [6.45, 7) is -0.493. The fraction of sp³-hybridized carbons (Fsp3) is 0.111. The van der Waals surface area contributed by atoms with E-state index in [1.54, 1.807) is 24.3 Å². The van der Waals surface area contributed by atoms with E-state index in [1.807, 2.05) is 0 Å². The Bertz CT molecular complexity index is 316. The number of aliphatic hydroxyl groups excluding tert-OH is 1. The van der Waals surface area contributed by atoms with Crippen LogP contribution >= 0.6 is 0 Å². The van der Waals surface area contributed by atoms with E-state index in [0.29, 0.717) is 11.1 Å². The highest BCUT2D eigenvalue weighted by atomic mass is 16.4. The molecule has 0 aliphatic rings. The molecule has 0 saturated carbocycles. The number of ketones is 1. The minimum Gasteiger partial charge on any atom is -0.411 e. The van der Waals surface area contributed by atoms with Gasteiger partial charge in [0.05, 0.1) is 6.21 Å². The molecule has 0 heterocycles. The SMILES string of the molecule is O=C(CO)c1ccc(/C=N/O)cc1. The molecule has 0 aliphatic carbocycles. The molecular formula is C9H9NO3. The van der Waals surface area contributed by atoms with Crippen molar-refractivity contribution in [3.05, 3.63) is 35.4 Å². The van der Waals surface area contributed by atoms with Gasteiger partial charge in [-0.25, -0.2) is 0 Å². The van der Waals surface area contributed by atoms with Crippen molar-refractivity contribution in [2.45, 2.75) is 0 Å². The van der Waals surface area contributed by atoms with Gasteiger partial charge < -0.3 is 10.3 Å². The summed E-state index contributed by atoms with van der Waals surface area (Å²) in [6, 6.07) is 6.39. The van der Waals surface area contributed by atoms with Gasteiger partial charge in [-0.2, -0.15) is 0 Å². The zero-order valence-electron chi connectivity index (χ0n) is 6.84. The second-order valence-electron chi connectivity index (χ2n) is 2.45. The normalized spacial score (nSPS) is 10.5. The number of hydrogen-bond acceptors (Lipinski definition) is 4. The number of rotatable bonds is 3. The highest BCUT2D eigenvalue weighted by molar-refractivity contribution is 5.97. The average Bonchev–Trinajstić information content (AvgIpc) is 2.18. The van der Waals surface area contributed by atoms with Crippen LogP contribution in [-0.2, 0) is 0 Å². The van der Waals surface area contributed by atoms with E-state index in [4.69, 9.17) is 10.3 Å². The number of Topliss-reactive ketones (excluding diaryl/α,β-unsaturated/α-hetero) is 1. The van der Waals surface area contributed by atoms with Crippen LogP contribution in [0.4, 0.5) is 0 Å². The number of carbonyl (C=O) groups is 1. The van der Waals surface area contributed by atoms with Gasteiger partial charge in [0.2, 0.25) is 0 Å². The fourth-order valence-corrected chi connectivity index (χ4v) is 0.913. The molecule has 0 aromatic heterocycles. The van der Waals surface area contributed by atoms with Gasteiger partial charge in [-0.1, -0.05) is 29.4 Å². The third kappa shape index (κ3) is 2.38. The van der Waals surface area contributed by atoms with E-state index in [9.17, 15) is 4.79 Å². The first-order valence-corrected chi connectivity index (χ1v) is 3.69. The first-order valence-electron chi connectivity index (χ1n) is 3.69. The van der Waals surface area contributed by atoms with E-state index in [2.05, 4.69) is 5.16 Å². The molecule has 0 amide bonds. The lowest BCUT2D eigenvalue weighted by Gasteiger charge is -1.96. The summed E-state index contributed by atoms with van der Waals surface area (Å²) in [5, 5.41) is 19.6. The molecular weight excluding hydrogens is 170 g/mol. The molecule has 13 heavy (non-hydrogen) atoms. The first kappa shape index (κ1) is 9.41. The Labute approximate surface area is 75.1 Å². The first-order chi connectivity index (χ1) is 6.27.